The molecule has 0 saturated heterocycles. The fourth-order valence-corrected chi connectivity index (χ4v) is 1.74. The number of methoxy groups -OCH3 is 1. The van der Waals surface area contributed by atoms with Gasteiger partial charge in [-0.25, -0.2) is 4.98 Å². The molecule has 0 radical (unpaired) electrons. The number of rotatable bonds is 5. The van der Waals surface area contributed by atoms with Crippen molar-refractivity contribution < 1.29 is 9.47 Å². The molecule has 0 atom stereocenters. The largest absolute Gasteiger partial charge is 0.493 e. The summed E-state index contributed by atoms with van der Waals surface area (Å²) in [5, 5.41) is 3.07. The minimum Gasteiger partial charge on any atom is -0.493 e. The number of benzene rings is 1. The Bertz CT molecular complexity index is 600. The summed E-state index contributed by atoms with van der Waals surface area (Å²) in [6, 6.07) is 5.78. The molecule has 0 spiro atoms. The number of hydrogen-bond donors (Lipinski definition) is 1. The molecule has 1 N–H and O–H groups in total. The standard InChI is InChI=1S/C15H19N3O2/c1-5-16-15-17-9-11(3)14(18-15)20-12-7-6-10(2)8-13(12)19-4/h6-9H,5H2,1-4H3,(H,16,17,18). The third-order valence-corrected chi connectivity index (χ3v) is 2.79. The van der Waals surface area contributed by atoms with Gasteiger partial charge in [0.15, 0.2) is 11.5 Å². The lowest BCUT2D eigenvalue weighted by Crippen LogP contribution is -2.04. The second-order valence-corrected chi connectivity index (χ2v) is 4.47. The summed E-state index contributed by atoms with van der Waals surface area (Å²) in [6.45, 7) is 6.67. The molecular weight excluding hydrogens is 254 g/mol. The molecule has 20 heavy (non-hydrogen) atoms. The molecule has 0 fully saturated rings. The summed E-state index contributed by atoms with van der Waals surface area (Å²) >= 11 is 0. The highest BCUT2D eigenvalue weighted by atomic mass is 16.5. The number of aromatic nitrogens is 2. The third-order valence-electron chi connectivity index (χ3n) is 2.79. The Morgan fingerprint density at radius 1 is 1.20 bits per heavy atom. The molecule has 0 aliphatic carbocycles. The van der Waals surface area contributed by atoms with Gasteiger partial charge in [-0.05, 0) is 38.5 Å². The minimum absolute atomic E-state index is 0.526. The Balaban J connectivity index is 2.31. The SMILES string of the molecule is CCNc1ncc(C)c(Oc2ccc(C)cc2OC)n1. The van der Waals surface area contributed by atoms with Crippen LogP contribution in [0.5, 0.6) is 17.4 Å². The van der Waals surface area contributed by atoms with Crippen molar-refractivity contribution in [1.82, 2.24) is 9.97 Å². The topological polar surface area (TPSA) is 56.3 Å². The maximum atomic E-state index is 5.86. The van der Waals surface area contributed by atoms with Crippen LogP contribution in [0.2, 0.25) is 0 Å². The van der Waals surface area contributed by atoms with Gasteiger partial charge in [-0.3, -0.25) is 0 Å². The maximum Gasteiger partial charge on any atom is 0.227 e. The van der Waals surface area contributed by atoms with E-state index in [9.17, 15) is 0 Å². The number of hydrogen-bond acceptors (Lipinski definition) is 5. The summed E-state index contributed by atoms with van der Waals surface area (Å²) < 4.78 is 11.2. The van der Waals surface area contributed by atoms with Gasteiger partial charge in [0.2, 0.25) is 11.8 Å². The van der Waals surface area contributed by atoms with Gasteiger partial charge in [-0.2, -0.15) is 4.98 Å². The molecule has 0 aliphatic heterocycles. The van der Waals surface area contributed by atoms with Gasteiger partial charge < -0.3 is 14.8 Å². The van der Waals surface area contributed by atoms with E-state index < -0.39 is 0 Å². The zero-order valence-electron chi connectivity index (χ0n) is 12.2. The van der Waals surface area contributed by atoms with Gasteiger partial charge in [0, 0.05) is 18.3 Å². The second kappa shape index (κ2) is 6.23. The van der Waals surface area contributed by atoms with Crippen LogP contribution in [0.3, 0.4) is 0 Å². The molecule has 1 aromatic carbocycles. The average molecular weight is 273 g/mol. The summed E-state index contributed by atoms with van der Waals surface area (Å²) in [5.74, 6) is 2.41. The predicted molar refractivity (Wildman–Crippen MR) is 78.7 cm³/mol. The van der Waals surface area contributed by atoms with Crippen LogP contribution in [0.15, 0.2) is 24.4 Å². The van der Waals surface area contributed by atoms with E-state index in [-0.39, 0.29) is 0 Å². The number of aryl methyl sites for hydroxylation is 2. The number of nitrogens with one attached hydrogen (secondary N) is 1. The zero-order chi connectivity index (χ0) is 14.5. The summed E-state index contributed by atoms with van der Waals surface area (Å²) in [7, 11) is 1.62. The van der Waals surface area contributed by atoms with Crippen molar-refractivity contribution in [3.63, 3.8) is 0 Å². The first-order valence-corrected chi connectivity index (χ1v) is 6.54. The lowest BCUT2D eigenvalue weighted by Gasteiger charge is -2.12. The van der Waals surface area contributed by atoms with Crippen LogP contribution in [-0.2, 0) is 0 Å². The van der Waals surface area contributed by atoms with E-state index in [1.54, 1.807) is 13.3 Å². The smallest absolute Gasteiger partial charge is 0.227 e. The fraction of sp³-hybridized carbons (Fsp3) is 0.333. The molecular formula is C15H19N3O2. The van der Waals surface area contributed by atoms with E-state index in [4.69, 9.17) is 9.47 Å². The van der Waals surface area contributed by atoms with Gasteiger partial charge >= 0.3 is 0 Å². The van der Waals surface area contributed by atoms with E-state index in [0.717, 1.165) is 17.7 Å². The number of ether oxygens (including phenoxy) is 2. The lowest BCUT2D eigenvalue weighted by molar-refractivity contribution is 0.372. The quantitative estimate of drug-likeness (QED) is 0.905. The van der Waals surface area contributed by atoms with Gasteiger partial charge in [-0.1, -0.05) is 6.07 Å². The Morgan fingerprint density at radius 2 is 2.00 bits per heavy atom. The van der Waals surface area contributed by atoms with Crippen molar-refractivity contribution in [1.29, 1.82) is 0 Å². The number of nitrogens with zero attached hydrogens (tertiary/aromatic N) is 2. The van der Waals surface area contributed by atoms with Gasteiger partial charge in [0.25, 0.3) is 0 Å². The summed E-state index contributed by atoms with van der Waals surface area (Å²) in [6.07, 6.45) is 1.74. The molecule has 2 rings (SSSR count). The minimum atomic E-state index is 0.526. The highest BCUT2D eigenvalue weighted by Crippen LogP contribution is 2.32. The normalized spacial score (nSPS) is 10.2. The molecule has 106 valence electrons. The van der Waals surface area contributed by atoms with E-state index in [2.05, 4.69) is 15.3 Å². The maximum absolute atomic E-state index is 5.86. The van der Waals surface area contributed by atoms with Crippen molar-refractivity contribution in [2.45, 2.75) is 20.8 Å². The average Bonchev–Trinajstić information content (AvgIpc) is 2.44. The van der Waals surface area contributed by atoms with Crippen molar-refractivity contribution in [2.75, 3.05) is 19.0 Å². The van der Waals surface area contributed by atoms with Crippen molar-refractivity contribution in [3.05, 3.63) is 35.5 Å². The number of anilines is 1. The summed E-state index contributed by atoms with van der Waals surface area (Å²) in [4.78, 5) is 8.55. The monoisotopic (exact) mass is 273 g/mol. The molecule has 1 aromatic heterocycles. The second-order valence-electron chi connectivity index (χ2n) is 4.47. The van der Waals surface area contributed by atoms with E-state index in [1.807, 2.05) is 39.0 Å². The van der Waals surface area contributed by atoms with E-state index in [1.165, 1.54) is 0 Å². The van der Waals surface area contributed by atoms with Crippen LogP contribution in [0, 0.1) is 13.8 Å². The van der Waals surface area contributed by atoms with Gasteiger partial charge in [-0.15, -0.1) is 0 Å². The highest BCUT2D eigenvalue weighted by molar-refractivity contribution is 5.45. The van der Waals surface area contributed by atoms with Crippen LogP contribution in [0.1, 0.15) is 18.1 Å². The Hall–Kier alpha value is -2.30. The molecule has 1 heterocycles. The molecule has 0 amide bonds. The fourth-order valence-electron chi connectivity index (χ4n) is 1.74. The van der Waals surface area contributed by atoms with Crippen molar-refractivity contribution in [2.24, 2.45) is 0 Å². The lowest BCUT2D eigenvalue weighted by atomic mass is 10.2. The molecule has 0 bridgehead atoms. The Morgan fingerprint density at radius 3 is 2.70 bits per heavy atom. The summed E-state index contributed by atoms with van der Waals surface area (Å²) in [5.41, 5.74) is 1.98. The Labute approximate surface area is 119 Å². The molecule has 5 nitrogen and oxygen atoms in total. The molecule has 5 heteroatoms. The third kappa shape index (κ3) is 3.17. The van der Waals surface area contributed by atoms with E-state index in [0.29, 0.717) is 23.3 Å². The first kappa shape index (κ1) is 14.1. The first-order valence-electron chi connectivity index (χ1n) is 6.54. The Kier molecular flexibility index (Phi) is 4.40. The van der Waals surface area contributed by atoms with Crippen LogP contribution in [0.4, 0.5) is 5.95 Å². The van der Waals surface area contributed by atoms with Crippen LogP contribution >= 0.6 is 0 Å². The van der Waals surface area contributed by atoms with Crippen molar-refractivity contribution >= 4 is 5.95 Å². The van der Waals surface area contributed by atoms with Crippen LogP contribution in [0.25, 0.3) is 0 Å². The van der Waals surface area contributed by atoms with Gasteiger partial charge in [0.1, 0.15) is 0 Å². The van der Waals surface area contributed by atoms with Gasteiger partial charge in [0.05, 0.1) is 7.11 Å². The predicted octanol–water partition coefficient (Wildman–Crippen LogP) is 3.33. The first-order chi connectivity index (χ1) is 9.63. The van der Waals surface area contributed by atoms with Crippen LogP contribution in [-0.4, -0.2) is 23.6 Å². The molecule has 0 unspecified atom stereocenters. The van der Waals surface area contributed by atoms with Crippen molar-refractivity contribution in [3.8, 4) is 17.4 Å². The molecule has 0 aliphatic rings. The zero-order valence-corrected chi connectivity index (χ0v) is 12.2. The molecule has 2 aromatic rings. The van der Waals surface area contributed by atoms with E-state index >= 15 is 0 Å². The highest BCUT2D eigenvalue weighted by Gasteiger charge is 2.10. The molecule has 0 saturated carbocycles. The van der Waals surface area contributed by atoms with Crippen LogP contribution < -0.4 is 14.8 Å².